The van der Waals surface area contributed by atoms with Crippen molar-refractivity contribution >= 4 is 0 Å². The Balaban J connectivity index is 1.66. The number of likely N-dealkylation sites (tertiary alicyclic amines) is 1. The third-order valence-electron chi connectivity index (χ3n) is 3.30. The number of hydrogen-bond acceptors (Lipinski definition) is 2. The summed E-state index contributed by atoms with van der Waals surface area (Å²) in [5.41, 5.74) is 0. The van der Waals surface area contributed by atoms with E-state index in [9.17, 15) is 4.39 Å². The van der Waals surface area contributed by atoms with E-state index in [0.29, 0.717) is 12.5 Å². The predicted molar refractivity (Wildman–Crippen MR) is 56.2 cm³/mol. The molecule has 0 amide bonds. The third-order valence-corrected chi connectivity index (χ3v) is 3.30. The van der Waals surface area contributed by atoms with Gasteiger partial charge in [0.1, 0.15) is 0 Å². The molecule has 2 nitrogen and oxygen atoms in total. The summed E-state index contributed by atoms with van der Waals surface area (Å²) >= 11 is 0. The van der Waals surface area contributed by atoms with E-state index in [2.05, 4.69) is 10.2 Å². The first-order valence-corrected chi connectivity index (χ1v) is 5.93. The van der Waals surface area contributed by atoms with Gasteiger partial charge in [0, 0.05) is 25.2 Å². The fourth-order valence-electron chi connectivity index (χ4n) is 2.27. The molecule has 1 saturated carbocycles. The van der Waals surface area contributed by atoms with Crippen molar-refractivity contribution in [2.24, 2.45) is 0 Å². The van der Waals surface area contributed by atoms with Gasteiger partial charge in [0.15, 0.2) is 0 Å². The molecule has 1 aliphatic carbocycles. The zero-order chi connectivity index (χ0) is 9.80. The molecule has 1 aliphatic heterocycles. The van der Waals surface area contributed by atoms with Gasteiger partial charge in [0.2, 0.25) is 0 Å². The van der Waals surface area contributed by atoms with Crippen molar-refractivity contribution in [3.63, 3.8) is 0 Å². The number of hydrogen-bond donors (Lipinski definition) is 1. The van der Waals surface area contributed by atoms with Gasteiger partial charge in [-0.2, -0.15) is 0 Å². The van der Waals surface area contributed by atoms with Crippen molar-refractivity contribution in [2.45, 2.75) is 44.2 Å². The Hall–Kier alpha value is -0.150. The normalized spacial score (nSPS) is 28.5. The number of rotatable bonds is 6. The lowest BCUT2D eigenvalue weighted by Gasteiger charge is -2.24. The minimum Gasteiger partial charge on any atom is -0.312 e. The molecule has 2 fully saturated rings. The van der Waals surface area contributed by atoms with Crippen LogP contribution >= 0.6 is 0 Å². The average molecular weight is 200 g/mol. The zero-order valence-electron chi connectivity index (χ0n) is 8.84. The lowest BCUT2D eigenvalue weighted by molar-refractivity contribution is 0.235. The fourth-order valence-corrected chi connectivity index (χ4v) is 2.27. The summed E-state index contributed by atoms with van der Waals surface area (Å²) in [4.78, 5) is 2.45. The molecule has 0 bridgehead atoms. The van der Waals surface area contributed by atoms with Crippen molar-refractivity contribution in [1.29, 1.82) is 0 Å². The van der Waals surface area contributed by atoms with E-state index >= 15 is 0 Å². The van der Waals surface area contributed by atoms with Crippen LogP contribution in [0.5, 0.6) is 0 Å². The second-order valence-corrected chi connectivity index (χ2v) is 4.56. The first kappa shape index (κ1) is 10.4. The van der Waals surface area contributed by atoms with E-state index in [0.717, 1.165) is 19.1 Å². The largest absolute Gasteiger partial charge is 0.312 e. The molecule has 0 aromatic heterocycles. The maximum atomic E-state index is 12.1. The molecule has 1 saturated heterocycles. The summed E-state index contributed by atoms with van der Waals surface area (Å²) in [5.74, 6) is 0. The quantitative estimate of drug-likeness (QED) is 0.700. The molecule has 0 spiro atoms. The van der Waals surface area contributed by atoms with Crippen LogP contribution in [0.3, 0.4) is 0 Å². The lowest BCUT2D eigenvalue weighted by atomic mass is 10.2. The Morgan fingerprint density at radius 2 is 2.14 bits per heavy atom. The predicted octanol–water partition coefficient (Wildman–Crippen LogP) is 1.56. The highest BCUT2D eigenvalue weighted by atomic mass is 19.1. The van der Waals surface area contributed by atoms with E-state index in [-0.39, 0.29) is 6.67 Å². The van der Waals surface area contributed by atoms with Crippen LogP contribution in [-0.4, -0.2) is 43.3 Å². The van der Waals surface area contributed by atoms with Crippen molar-refractivity contribution in [3.05, 3.63) is 0 Å². The molecule has 2 rings (SSSR count). The SMILES string of the molecule is FCCCN1CCCC1CNC1CC1. The molecule has 1 unspecified atom stereocenters. The van der Waals surface area contributed by atoms with E-state index in [4.69, 9.17) is 0 Å². The average Bonchev–Trinajstić information content (AvgIpc) is 2.92. The van der Waals surface area contributed by atoms with Crippen molar-refractivity contribution in [2.75, 3.05) is 26.3 Å². The molecule has 1 atom stereocenters. The molecule has 14 heavy (non-hydrogen) atoms. The number of halogens is 1. The monoisotopic (exact) mass is 200 g/mol. The van der Waals surface area contributed by atoms with Gasteiger partial charge in [-0.1, -0.05) is 0 Å². The van der Waals surface area contributed by atoms with Gasteiger partial charge in [-0.15, -0.1) is 0 Å². The van der Waals surface area contributed by atoms with Crippen LogP contribution in [0.25, 0.3) is 0 Å². The lowest BCUT2D eigenvalue weighted by Crippen LogP contribution is -2.39. The van der Waals surface area contributed by atoms with Gasteiger partial charge >= 0.3 is 0 Å². The van der Waals surface area contributed by atoms with Crippen molar-refractivity contribution < 1.29 is 4.39 Å². The number of alkyl halides is 1. The molecule has 1 heterocycles. The second-order valence-electron chi connectivity index (χ2n) is 4.56. The molecular weight excluding hydrogens is 179 g/mol. The first-order valence-electron chi connectivity index (χ1n) is 5.93. The summed E-state index contributed by atoms with van der Waals surface area (Å²) < 4.78 is 12.1. The molecule has 0 aromatic carbocycles. The Morgan fingerprint density at radius 1 is 1.29 bits per heavy atom. The maximum absolute atomic E-state index is 12.1. The summed E-state index contributed by atoms with van der Waals surface area (Å²) in [6.45, 7) is 3.08. The molecule has 82 valence electrons. The van der Waals surface area contributed by atoms with Gasteiger partial charge in [-0.3, -0.25) is 9.29 Å². The smallest absolute Gasteiger partial charge is 0.0906 e. The molecule has 0 aromatic rings. The summed E-state index contributed by atoms with van der Waals surface area (Å²) in [5, 5.41) is 3.57. The Morgan fingerprint density at radius 3 is 2.86 bits per heavy atom. The minimum atomic E-state index is -0.167. The second kappa shape index (κ2) is 5.08. The van der Waals surface area contributed by atoms with Crippen LogP contribution in [0.15, 0.2) is 0 Å². The Kier molecular flexibility index (Phi) is 3.76. The topological polar surface area (TPSA) is 15.3 Å². The first-order chi connectivity index (χ1) is 6.90. The van der Waals surface area contributed by atoms with Gasteiger partial charge < -0.3 is 5.32 Å². The van der Waals surface area contributed by atoms with E-state index in [1.807, 2.05) is 0 Å². The highest BCUT2D eigenvalue weighted by molar-refractivity contribution is 4.86. The Labute approximate surface area is 85.9 Å². The number of nitrogens with zero attached hydrogens (tertiary/aromatic N) is 1. The molecule has 0 radical (unpaired) electrons. The summed E-state index contributed by atoms with van der Waals surface area (Å²) in [6, 6.07) is 1.49. The van der Waals surface area contributed by atoms with Gasteiger partial charge in [-0.05, 0) is 38.6 Å². The highest BCUT2D eigenvalue weighted by Gasteiger charge is 2.27. The highest BCUT2D eigenvalue weighted by Crippen LogP contribution is 2.21. The fraction of sp³-hybridized carbons (Fsp3) is 1.00. The summed E-state index contributed by atoms with van der Waals surface area (Å²) in [6.07, 6.45) is 6.02. The van der Waals surface area contributed by atoms with E-state index < -0.39 is 0 Å². The van der Waals surface area contributed by atoms with E-state index in [1.54, 1.807) is 0 Å². The van der Waals surface area contributed by atoms with Crippen LogP contribution in [0, 0.1) is 0 Å². The van der Waals surface area contributed by atoms with Crippen LogP contribution in [0.2, 0.25) is 0 Å². The molecule has 2 aliphatic rings. The zero-order valence-corrected chi connectivity index (χ0v) is 8.84. The maximum Gasteiger partial charge on any atom is 0.0906 e. The third kappa shape index (κ3) is 2.92. The van der Waals surface area contributed by atoms with Crippen LogP contribution in [0.4, 0.5) is 4.39 Å². The molecule has 3 heteroatoms. The van der Waals surface area contributed by atoms with Crippen LogP contribution in [0.1, 0.15) is 32.1 Å². The van der Waals surface area contributed by atoms with Crippen LogP contribution < -0.4 is 5.32 Å². The van der Waals surface area contributed by atoms with Gasteiger partial charge in [-0.25, -0.2) is 0 Å². The Bertz CT molecular complexity index is 171. The minimum absolute atomic E-state index is 0.167. The standard InChI is InChI=1S/C11H21FN2/c12-6-2-8-14-7-1-3-11(14)9-13-10-4-5-10/h10-11,13H,1-9H2. The number of nitrogens with one attached hydrogen (secondary N) is 1. The van der Waals surface area contributed by atoms with Gasteiger partial charge in [0.25, 0.3) is 0 Å². The van der Waals surface area contributed by atoms with Crippen molar-refractivity contribution in [1.82, 2.24) is 10.2 Å². The van der Waals surface area contributed by atoms with Gasteiger partial charge in [0.05, 0.1) is 6.67 Å². The molecule has 1 N–H and O–H groups in total. The van der Waals surface area contributed by atoms with Crippen LogP contribution in [-0.2, 0) is 0 Å². The van der Waals surface area contributed by atoms with Crippen molar-refractivity contribution in [3.8, 4) is 0 Å². The van der Waals surface area contributed by atoms with E-state index in [1.165, 1.54) is 32.2 Å². The summed E-state index contributed by atoms with van der Waals surface area (Å²) in [7, 11) is 0. The molecular formula is C11H21FN2.